The van der Waals surface area contributed by atoms with Crippen molar-refractivity contribution >= 4 is 11.3 Å². The molecule has 0 bridgehead atoms. The molecule has 0 saturated carbocycles. The highest BCUT2D eigenvalue weighted by Crippen LogP contribution is 2.31. The zero-order chi connectivity index (χ0) is 17.5. The summed E-state index contributed by atoms with van der Waals surface area (Å²) in [7, 11) is 0. The van der Waals surface area contributed by atoms with E-state index in [9.17, 15) is 5.11 Å². The SMILES string of the molecule is CCN(CC(O)COCc1cccs1)CC1COc2ccccc2O1. The Labute approximate surface area is 152 Å². The Bertz CT molecular complexity index is 634. The maximum Gasteiger partial charge on any atom is 0.161 e. The first kappa shape index (κ1) is 18.2. The second-order valence-corrected chi connectivity index (χ2v) is 7.13. The van der Waals surface area contributed by atoms with Gasteiger partial charge in [-0.3, -0.25) is 4.90 Å². The summed E-state index contributed by atoms with van der Waals surface area (Å²) in [6.45, 7) is 5.60. The smallest absolute Gasteiger partial charge is 0.161 e. The normalized spacial score (nSPS) is 17.6. The van der Waals surface area contributed by atoms with E-state index in [4.69, 9.17) is 14.2 Å². The van der Waals surface area contributed by atoms with E-state index in [0.29, 0.717) is 32.9 Å². The summed E-state index contributed by atoms with van der Waals surface area (Å²) in [5.74, 6) is 1.58. The Kier molecular flexibility index (Phi) is 6.69. The number of rotatable bonds is 9. The van der Waals surface area contributed by atoms with Crippen LogP contribution in [0, 0.1) is 0 Å². The van der Waals surface area contributed by atoms with Crippen molar-refractivity contribution in [3.8, 4) is 11.5 Å². The minimum absolute atomic E-state index is 0.0333. The summed E-state index contributed by atoms with van der Waals surface area (Å²) in [5.41, 5.74) is 0. The molecule has 0 saturated heterocycles. The molecule has 0 radical (unpaired) electrons. The van der Waals surface area contributed by atoms with Gasteiger partial charge in [0.1, 0.15) is 12.7 Å². The number of nitrogens with zero attached hydrogens (tertiary/aromatic N) is 1. The van der Waals surface area contributed by atoms with E-state index in [-0.39, 0.29) is 6.10 Å². The lowest BCUT2D eigenvalue weighted by Crippen LogP contribution is -2.44. The Morgan fingerprint density at radius 1 is 1.28 bits per heavy atom. The van der Waals surface area contributed by atoms with E-state index in [1.54, 1.807) is 11.3 Å². The largest absolute Gasteiger partial charge is 0.486 e. The third-order valence-electron chi connectivity index (χ3n) is 4.08. The zero-order valence-corrected chi connectivity index (χ0v) is 15.3. The number of hydrogen-bond acceptors (Lipinski definition) is 6. The van der Waals surface area contributed by atoms with Gasteiger partial charge in [-0.2, -0.15) is 0 Å². The molecule has 0 aliphatic carbocycles. The fourth-order valence-electron chi connectivity index (χ4n) is 2.81. The highest BCUT2D eigenvalue weighted by Gasteiger charge is 2.23. The summed E-state index contributed by atoms with van der Waals surface area (Å²) in [6.07, 6.45) is -0.550. The number of ether oxygens (including phenoxy) is 3. The maximum atomic E-state index is 10.2. The van der Waals surface area contributed by atoms with Gasteiger partial charge in [-0.1, -0.05) is 25.1 Å². The summed E-state index contributed by atoms with van der Waals surface area (Å²) in [4.78, 5) is 3.34. The van der Waals surface area contributed by atoms with Gasteiger partial charge in [0.05, 0.1) is 19.3 Å². The second-order valence-electron chi connectivity index (χ2n) is 6.10. The molecular weight excluding hydrogens is 338 g/mol. The van der Waals surface area contributed by atoms with Crippen LogP contribution in [0.25, 0.3) is 0 Å². The first-order valence-corrected chi connectivity index (χ1v) is 9.51. The second kappa shape index (κ2) is 9.20. The van der Waals surface area contributed by atoms with E-state index in [1.165, 1.54) is 4.88 Å². The monoisotopic (exact) mass is 363 g/mol. The van der Waals surface area contributed by atoms with Crippen molar-refractivity contribution in [2.24, 2.45) is 0 Å². The summed E-state index contributed by atoms with van der Waals surface area (Å²) in [5, 5.41) is 12.3. The van der Waals surface area contributed by atoms with Crippen LogP contribution in [0.15, 0.2) is 41.8 Å². The quantitative estimate of drug-likeness (QED) is 0.742. The standard InChI is InChI=1S/C19H25NO4S/c1-2-20(10-15(21)12-22-14-17-6-5-9-25-17)11-16-13-23-18-7-3-4-8-19(18)24-16/h3-9,15-16,21H,2,10-14H2,1H3. The summed E-state index contributed by atoms with van der Waals surface area (Å²) >= 11 is 1.66. The molecule has 5 nitrogen and oxygen atoms in total. The van der Waals surface area contributed by atoms with Gasteiger partial charge in [0.15, 0.2) is 11.5 Å². The zero-order valence-electron chi connectivity index (χ0n) is 14.5. The van der Waals surface area contributed by atoms with Gasteiger partial charge in [-0.15, -0.1) is 11.3 Å². The van der Waals surface area contributed by atoms with Gasteiger partial charge >= 0.3 is 0 Å². The average Bonchev–Trinajstić information content (AvgIpc) is 3.14. The average molecular weight is 363 g/mol. The molecule has 3 rings (SSSR count). The molecule has 1 aliphatic rings. The molecule has 1 aromatic carbocycles. The number of benzene rings is 1. The molecule has 2 unspecified atom stereocenters. The number of thiophene rings is 1. The molecule has 6 heteroatoms. The van der Waals surface area contributed by atoms with Crippen molar-refractivity contribution in [2.45, 2.75) is 25.7 Å². The molecule has 136 valence electrons. The van der Waals surface area contributed by atoms with Crippen molar-refractivity contribution < 1.29 is 19.3 Å². The van der Waals surface area contributed by atoms with Gasteiger partial charge < -0.3 is 19.3 Å². The lowest BCUT2D eigenvalue weighted by Gasteiger charge is -2.31. The van der Waals surface area contributed by atoms with Crippen molar-refractivity contribution in [2.75, 3.05) is 32.8 Å². The predicted molar refractivity (Wildman–Crippen MR) is 98.4 cm³/mol. The van der Waals surface area contributed by atoms with Crippen LogP contribution in [0.1, 0.15) is 11.8 Å². The Morgan fingerprint density at radius 3 is 2.88 bits per heavy atom. The van der Waals surface area contributed by atoms with Crippen molar-refractivity contribution in [3.05, 3.63) is 46.7 Å². The molecule has 0 amide bonds. The van der Waals surface area contributed by atoms with Gasteiger partial charge in [0.25, 0.3) is 0 Å². The summed E-state index contributed by atoms with van der Waals surface area (Å²) in [6, 6.07) is 11.8. The number of para-hydroxylation sites is 2. The maximum absolute atomic E-state index is 10.2. The van der Waals surface area contributed by atoms with Crippen LogP contribution in [0.3, 0.4) is 0 Å². The molecule has 1 aromatic heterocycles. The number of hydrogen-bond donors (Lipinski definition) is 1. The number of aliphatic hydroxyl groups excluding tert-OH is 1. The highest BCUT2D eigenvalue weighted by atomic mass is 32.1. The van der Waals surface area contributed by atoms with Gasteiger partial charge in [-0.25, -0.2) is 0 Å². The van der Waals surface area contributed by atoms with E-state index in [1.807, 2.05) is 41.8 Å². The van der Waals surface area contributed by atoms with Gasteiger partial charge in [0.2, 0.25) is 0 Å². The van der Waals surface area contributed by atoms with Gasteiger partial charge in [0, 0.05) is 18.0 Å². The molecule has 0 fully saturated rings. The molecule has 0 spiro atoms. The van der Waals surface area contributed by atoms with Crippen LogP contribution in [-0.2, 0) is 11.3 Å². The van der Waals surface area contributed by atoms with E-state index in [2.05, 4.69) is 11.8 Å². The van der Waals surface area contributed by atoms with E-state index >= 15 is 0 Å². The van der Waals surface area contributed by atoms with Crippen LogP contribution in [0.4, 0.5) is 0 Å². The molecule has 1 N–H and O–H groups in total. The van der Waals surface area contributed by atoms with Crippen LogP contribution in [0.5, 0.6) is 11.5 Å². The van der Waals surface area contributed by atoms with Gasteiger partial charge in [-0.05, 0) is 30.1 Å². The minimum Gasteiger partial charge on any atom is -0.486 e. The van der Waals surface area contributed by atoms with Crippen molar-refractivity contribution in [3.63, 3.8) is 0 Å². The fraction of sp³-hybridized carbons (Fsp3) is 0.474. The molecule has 2 aromatic rings. The van der Waals surface area contributed by atoms with Crippen molar-refractivity contribution in [1.29, 1.82) is 0 Å². The summed E-state index contributed by atoms with van der Waals surface area (Å²) < 4.78 is 17.4. The molecule has 2 heterocycles. The first-order valence-electron chi connectivity index (χ1n) is 8.63. The first-order chi connectivity index (χ1) is 12.2. The molecule has 1 aliphatic heterocycles. The lowest BCUT2D eigenvalue weighted by molar-refractivity contribution is -0.00109. The van der Waals surface area contributed by atoms with Crippen LogP contribution in [0.2, 0.25) is 0 Å². The molecular formula is C19H25NO4S. The third-order valence-corrected chi connectivity index (χ3v) is 4.93. The molecule has 2 atom stereocenters. The van der Waals surface area contributed by atoms with Crippen LogP contribution >= 0.6 is 11.3 Å². The lowest BCUT2D eigenvalue weighted by atomic mass is 10.2. The number of fused-ring (bicyclic) bond motifs is 1. The van der Waals surface area contributed by atoms with Crippen LogP contribution in [-0.4, -0.2) is 55.1 Å². The Balaban J connectivity index is 1.41. The number of likely N-dealkylation sites (N-methyl/N-ethyl adjacent to an activating group) is 1. The Hall–Kier alpha value is -1.60. The fourth-order valence-corrected chi connectivity index (χ4v) is 3.46. The van der Waals surface area contributed by atoms with E-state index < -0.39 is 6.10 Å². The predicted octanol–water partition coefficient (Wildman–Crippen LogP) is 2.79. The minimum atomic E-state index is -0.517. The Morgan fingerprint density at radius 2 is 2.12 bits per heavy atom. The third kappa shape index (κ3) is 5.44. The van der Waals surface area contributed by atoms with Crippen LogP contribution < -0.4 is 9.47 Å². The number of aliphatic hydroxyl groups is 1. The highest BCUT2D eigenvalue weighted by molar-refractivity contribution is 7.09. The molecule has 25 heavy (non-hydrogen) atoms. The van der Waals surface area contributed by atoms with Crippen molar-refractivity contribution in [1.82, 2.24) is 4.90 Å². The topological polar surface area (TPSA) is 51.2 Å². The van der Waals surface area contributed by atoms with E-state index in [0.717, 1.165) is 18.0 Å².